The number of rotatable bonds is 16. The fraction of sp³-hybridized carbons (Fsp3) is 0.629. The van der Waals surface area contributed by atoms with Crippen molar-refractivity contribution >= 4 is 57.5 Å². The Kier molecular flexibility index (Phi) is 24.2. The second kappa shape index (κ2) is 29.9. The summed E-state index contributed by atoms with van der Waals surface area (Å²) in [5.74, 6) is -7.65. The number of carbonyl (C=O) groups excluding carboxylic acids is 8. The molecule has 8 atom stereocenters. The van der Waals surface area contributed by atoms with Crippen molar-refractivity contribution in [3.8, 4) is 0 Å². The van der Waals surface area contributed by atoms with Gasteiger partial charge in [0.2, 0.25) is 10.0 Å². The van der Waals surface area contributed by atoms with Crippen LogP contribution in [0.3, 0.4) is 0 Å². The standard InChI is InChI=1S/C62H91N7O14S/c1-37(2)30-48-59(74)80-44(12)56(71)65(14)51(33-40(7)8)62(77)83-53(35-46-24-26-47(27-25-46)36-69-42(10)54(41(9)63-69)84(78,79)68-28-20-21-29-68)58(73)67(16)49(31-38(3)4)60(75)81-43(11)55(70)64(13)50(32-39(5)6)61(76)82-52(57(72)66(48)15)34-45-22-18-17-19-23-45/h17-19,22-27,37-40,43-44,48-53H,20-21,28-36H2,1-16H3/t43-,44-,48+,49+,50+,51+,52-,53-/m1/s1. The lowest BCUT2D eigenvalue weighted by atomic mass is 9.99. The molecule has 3 heterocycles. The van der Waals surface area contributed by atoms with Gasteiger partial charge in [0, 0.05) is 54.1 Å². The molecule has 0 N–H and O–H groups in total. The minimum absolute atomic E-state index is 0.0516. The Morgan fingerprint density at radius 2 is 0.821 bits per heavy atom. The predicted molar refractivity (Wildman–Crippen MR) is 314 cm³/mol. The smallest absolute Gasteiger partial charge is 0.329 e. The summed E-state index contributed by atoms with van der Waals surface area (Å²) < 4.78 is 54.5. The molecule has 2 aliphatic rings. The maximum atomic E-state index is 15.1. The van der Waals surface area contributed by atoms with Crippen molar-refractivity contribution in [1.82, 2.24) is 33.7 Å². The van der Waals surface area contributed by atoms with Gasteiger partial charge in [0.25, 0.3) is 23.6 Å². The van der Waals surface area contributed by atoms with E-state index in [9.17, 15) is 42.0 Å². The van der Waals surface area contributed by atoms with Crippen LogP contribution in [0.25, 0.3) is 0 Å². The highest BCUT2D eigenvalue weighted by Crippen LogP contribution is 2.29. The van der Waals surface area contributed by atoms with Crippen molar-refractivity contribution in [2.75, 3.05) is 41.3 Å². The fourth-order valence-corrected chi connectivity index (χ4v) is 12.6. The molecule has 22 heteroatoms. The van der Waals surface area contributed by atoms with E-state index in [-0.39, 0.29) is 73.6 Å². The number of nitrogens with zero attached hydrogens (tertiary/aromatic N) is 7. The summed E-state index contributed by atoms with van der Waals surface area (Å²) in [6.45, 7) is 21.9. The third kappa shape index (κ3) is 17.5. The average Bonchev–Trinajstić information content (AvgIpc) is 4.28. The molecule has 21 nitrogen and oxygen atoms in total. The number of ether oxygens (including phenoxy) is 4. The molecule has 0 aliphatic carbocycles. The van der Waals surface area contributed by atoms with E-state index in [0.717, 1.165) is 38.0 Å². The Morgan fingerprint density at radius 1 is 0.488 bits per heavy atom. The van der Waals surface area contributed by atoms with Gasteiger partial charge in [-0.25, -0.2) is 27.6 Å². The van der Waals surface area contributed by atoms with Crippen LogP contribution in [0.5, 0.6) is 0 Å². The fourth-order valence-electron chi connectivity index (χ4n) is 10.7. The van der Waals surface area contributed by atoms with E-state index >= 15 is 4.79 Å². The number of sulfonamides is 1. The second-order valence-electron chi connectivity index (χ2n) is 24.4. The van der Waals surface area contributed by atoms with E-state index in [2.05, 4.69) is 5.10 Å². The first kappa shape index (κ1) is 68.1. The average molecular weight is 1190 g/mol. The topological polar surface area (TPSA) is 242 Å². The molecule has 0 saturated carbocycles. The molecular formula is C62H91N7O14S. The number of hydrogen-bond donors (Lipinski definition) is 0. The third-order valence-electron chi connectivity index (χ3n) is 15.5. The molecule has 1 aromatic heterocycles. The van der Waals surface area contributed by atoms with Gasteiger partial charge >= 0.3 is 23.9 Å². The van der Waals surface area contributed by atoms with E-state index in [1.165, 1.54) is 46.3 Å². The third-order valence-corrected chi connectivity index (χ3v) is 17.6. The molecule has 2 saturated heterocycles. The second-order valence-corrected chi connectivity index (χ2v) is 26.2. The number of aryl methyl sites for hydroxylation is 1. The van der Waals surface area contributed by atoms with Crippen LogP contribution >= 0.6 is 0 Å². The predicted octanol–water partition coefficient (Wildman–Crippen LogP) is 6.31. The van der Waals surface area contributed by atoms with Crippen LogP contribution in [0, 0.1) is 37.5 Å². The minimum Gasteiger partial charge on any atom is -0.451 e. The SMILES string of the molecule is Cc1nn(Cc2ccc(C[C@H]3OC(=O)[C@H](CC(C)C)N(C)C(=O)[C@@H](C)OC(=O)[C@H](CC(C)C)N(C)C(=O)[C@@H](Cc4ccccc4)OC(=O)[C@H](CC(C)C)N(C)C(=O)[C@@H](C)OC(=O)[C@H](CC(C)C)N(C)C3=O)cc2)c(C)c1S(=O)(=O)N1CCCC1. The van der Waals surface area contributed by atoms with Crippen LogP contribution in [0.2, 0.25) is 0 Å². The maximum Gasteiger partial charge on any atom is 0.329 e. The molecule has 2 fully saturated rings. The molecule has 5 rings (SSSR count). The molecular weight excluding hydrogens is 1100 g/mol. The van der Waals surface area contributed by atoms with E-state index < -0.39 is 106 Å². The van der Waals surface area contributed by atoms with Crippen LogP contribution < -0.4 is 0 Å². The monoisotopic (exact) mass is 1190 g/mol. The van der Waals surface area contributed by atoms with Crippen LogP contribution in [0.15, 0.2) is 59.5 Å². The van der Waals surface area contributed by atoms with Gasteiger partial charge in [-0.1, -0.05) is 110 Å². The summed E-state index contributed by atoms with van der Waals surface area (Å²) >= 11 is 0. The van der Waals surface area contributed by atoms with Crippen molar-refractivity contribution in [3.63, 3.8) is 0 Å². The van der Waals surface area contributed by atoms with E-state index in [1.807, 2.05) is 55.4 Å². The van der Waals surface area contributed by atoms with Crippen LogP contribution in [-0.2, 0) is 86.7 Å². The first-order chi connectivity index (χ1) is 39.3. The number of aromatic nitrogens is 2. The maximum absolute atomic E-state index is 15.1. The lowest BCUT2D eigenvalue weighted by molar-refractivity contribution is -0.176. The van der Waals surface area contributed by atoms with Gasteiger partial charge in [0.15, 0.2) is 24.4 Å². The minimum atomic E-state index is -3.75. The van der Waals surface area contributed by atoms with Gasteiger partial charge in [0.05, 0.1) is 17.9 Å². The highest BCUT2D eigenvalue weighted by atomic mass is 32.2. The number of likely N-dealkylation sites (N-methyl/N-ethyl adjacent to an activating group) is 4. The first-order valence-corrected chi connectivity index (χ1v) is 30.8. The zero-order valence-corrected chi connectivity index (χ0v) is 53.0. The Morgan fingerprint density at radius 3 is 1.19 bits per heavy atom. The van der Waals surface area contributed by atoms with Crippen LogP contribution in [0.4, 0.5) is 0 Å². The number of benzene rings is 2. The molecule has 4 amide bonds. The van der Waals surface area contributed by atoms with Crippen molar-refractivity contribution < 1.29 is 65.7 Å². The summed E-state index contributed by atoms with van der Waals surface area (Å²) in [7, 11) is 1.75. The van der Waals surface area contributed by atoms with Gasteiger partial charge in [-0.2, -0.15) is 9.40 Å². The van der Waals surface area contributed by atoms with Crippen molar-refractivity contribution in [1.29, 1.82) is 0 Å². The molecule has 0 spiro atoms. The normalized spacial score (nSPS) is 24.1. The number of amides is 4. The van der Waals surface area contributed by atoms with E-state index in [1.54, 1.807) is 73.1 Å². The quantitative estimate of drug-likeness (QED) is 0.113. The number of esters is 4. The van der Waals surface area contributed by atoms with Gasteiger partial charge in [0.1, 0.15) is 29.1 Å². The number of cyclic esters (lactones) is 4. The molecule has 3 aromatic rings. The molecule has 2 aliphatic heterocycles. The van der Waals surface area contributed by atoms with Gasteiger partial charge in [-0.15, -0.1) is 0 Å². The summed E-state index contributed by atoms with van der Waals surface area (Å²) in [5.41, 5.74) is 2.79. The van der Waals surface area contributed by atoms with E-state index in [4.69, 9.17) is 18.9 Å². The Hall–Kier alpha value is -6.68. The van der Waals surface area contributed by atoms with Crippen molar-refractivity contribution in [3.05, 3.63) is 82.7 Å². The summed E-state index contributed by atoms with van der Waals surface area (Å²) in [4.78, 5) is 122. The Bertz CT molecular complexity index is 2890. The summed E-state index contributed by atoms with van der Waals surface area (Å²) in [6, 6.07) is 10.7. The van der Waals surface area contributed by atoms with Crippen LogP contribution in [-0.4, -0.2) is 179 Å². The largest absolute Gasteiger partial charge is 0.451 e. The molecule has 464 valence electrons. The van der Waals surface area contributed by atoms with E-state index in [0.29, 0.717) is 35.6 Å². The lowest BCUT2D eigenvalue weighted by Gasteiger charge is -2.35. The number of carbonyl (C=O) groups is 8. The Labute approximate surface area is 497 Å². The van der Waals surface area contributed by atoms with Gasteiger partial charge < -0.3 is 38.5 Å². The number of hydrogen-bond acceptors (Lipinski definition) is 15. The molecule has 0 bridgehead atoms. The lowest BCUT2D eigenvalue weighted by Crippen LogP contribution is -2.55. The highest BCUT2D eigenvalue weighted by molar-refractivity contribution is 7.89. The molecule has 0 radical (unpaired) electrons. The molecule has 0 unspecified atom stereocenters. The first-order valence-electron chi connectivity index (χ1n) is 29.4. The zero-order valence-electron chi connectivity index (χ0n) is 52.2. The summed E-state index contributed by atoms with van der Waals surface area (Å²) in [5, 5.41) is 4.60. The zero-order chi connectivity index (χ0) is 62.7. The van der Waals surface area contributed by atoms with Crippen molar-refractivity contribution in [2.24, 2.45) is 23.7 Å². The van der Waals surface area contributed by atoms with Gasteiger partial charge in [-0.3, -0.25) is 23.9 Å². The van der Waals surface area contributed by atoms with Crippen molar-refractivity contribution in [2.45, 2.75) is 194 Å². The highest BCUT2D eigenvalue weighted by Gasteiger charge is 2.43. The van der Waals surface area contributed by atoms with Gasteiger partial charge in [-0.05, 0) is 107 Å². The van der Waals surface area contributed by atoms with Crippen LogP contribution in [0.1, 0.15) is 136 Å². The molecule has 84 heavy (non-hydrogen) atoms. The summed E-state index contributed by atoms with van der Waals surface area (Å²) in [6.07, 6.45) is -4.58. The molecule has 2 aromatic carbocycles. The Balaban J connectivity index is 1.58.